The predicted molar refractivity (Wildman–Crippen MR) is 385 cm³/mol. The van der Waals surface area contributed by atoms with Gasteiger partial charge >= 0.3 is 23.2 Å². The third kappa shape index (κ3) is 18.9. The number of benzene rings is 4. The Morgan fingerprint density at radius 1 is 0.586 bits per heavy atom. The van der Waals surface area contributed by atoms with Crippen molar-refractivity contribution < 1.29 is 126 Å². The second-order valence-corrected chi connectivity index (χ2v) is 29.5. The van der Waals surface area contributed by atoms with E-state index in [1.54, 1.807) is 109 Å². The Morgan fingerprint density at radius 3 is 1.83 bits per heavy atom. The smallest absolute Gasteiger partial charge is 0.341 e. The van der Waals surface area contributed by atoms with Crippen molar-refractivity contribution in [3.8, 4) is 11.3 Å². The summed E-state index contributed by atoms with van der Waals surface area (Å²) in [5.41, 5.74) is 0.331. The maximum Gasteiger partial charge on any atom is 0.341 e. The number of aliphatic hydroxyl groups excluding tert-OH is 9. The van der Waals surface area contributed by atoms with Crippen LogP contribution in [0.4, 0.5) is 0 Å². The Labute approximate surface area is 635 Å². The number of ketones is 1. The van der Waals surface area contributed by atoms with E-state index in [1.165, 1.54) is 29.8 Å². The third-order valence-electron chi connectivity index (χ3n) is 22.0. The maximum atomic E-state index is 15.2. The highest BCUT2D eigenvalue weighted by atomic mass is 16.8. The summed E-state index contributed by atoms with van der Waals surface area (Å²) in [7, 11) is 0. The van der Waals surface area contributed by atoms with Crippen molar-refractivity contribution in [2.24, 2.45) is 17.8 Å². The van der Waals surface area contributed by atoms with E-state index in [2.05, 4.69) is 15.6 Å². The zero-order valence-corrected chi connectivity index (χ0v) is 60.7. The lowest BCUT2D eigenvalue weighted by Crippen LogP contribution is -2.64. The van der Waals surface area contributed by atoms with Gasteiger partial charge in [0, 0.05) is 41.1 Å². The Bertz CT molecular complexity index is 4390. The molecule has 6 heterocycles. The van der Waals surface area contributed by atoms with E-state index in [0.29, 0.717) is 33.2 Å². The first-order chi connectivity index (χ1) is 53.6. The number of carboxylic acids is 1. The maximum absolute atomic E-state index is 15.2. The van der Waals surface area contributed by atoms with Crippen LogP contribution in [0.15, 0.2) is 146 Å². The fourth-order valence-electron chi connectivity index (χ4n) is 15.8. The van der Waals surface area contributed by atoms with Crippen molar-refractivity contribution in [1.82, 2.24) is 20.3 Å². The normalized spacial score (nSPS) is 32.4. The number of carbonyl (C=O) groups is 4. The number of aromatic nitrogens is 3. The molecule has 3 saturated heterocycles. The number of esters is 1. The number of aliphatic hydroxyl groups is 9. The second-order valence-electron chi connectivity index (χ2n) is 29.5. The summed E-state index contributed by atoms with van der Waals surface area (Å²) in [5, 5.41) is 126. The number of nitrogens with one attached hydrogen (secondary N) is 1. The number of aliphatic carboxylic acids is 1. The van der Waals surface area contributed by atoms with Gasteiger partial charge in [0.2, 0.25) is 5.91 Å². The van der Waals surface area contributed by atoms with Crippen LogP contribution < -0.4 is 16.6 Å². The van der Waals surface area contributed by atoms with Crippen LogP contribution in [0, 0.1) is 17.8 Å². The van der Waals surface area contributed by atoms with Gasteiger partial charge in [-0.2, -0.15) is 0 Å². The number of hydrogen-bond donors (Lipinski definition) is 11. The molecular weight excluding hydrogens is 1450 g/mol. The number of amides is 1. The molecule has 7 aromatic rings. The van der Waals surface area contributed by atoms with E-state index in [4.69, 9.17) is 56.2 Å². The highest BCUT2D eigenvalue weighted by Gasteiger charge is 2.56. The number of Topliss-reactive ketones (excluding diaryl/α,β-unsaturated/α-hetero) is 1. The summed E-state index contributed by atoms with van der Waals surface area (Å²) in [5.74, 6) is -5.47. The molecule has 3 aromatic heterocycles. The largest absolute Gasteiger partial charge is 0.479 e. The van der Waals surface area contributed by atoms with E-state index in [0.717, 1.165) is 32.1 Å². The van der Waals surface area contributed by atoms with Gasteiger partial charge in [-0.3, -0.25) is 9.59 Å². The quantitative estimate of drug-likeness (QED) is 0.0182. The molecule has 111 heavy (non-hydrogen) atoms. The average molecular weight is 1550 g/mol. The lowest BCUT2D eigenvalue weighted by molar-refractivity contribution is -0.348. The van der Waals surface area contributed by atoms with Gasteiger partial charge in [-0.15, -0.1) is 5.10 Å². The van der Waals surface area contributed by atoms with E-state index >= 15 is 4.79 Å². The van der Waals surface area contributed by atoms with Crippen molar-refractivity contribution >= 4 is 45.6 Å². The van der Waals surface area contributed by atoms with Crippen molar-refractivity contribution in [1.29, 1.82) is 0 Å². The van der Waals surface area contributed by atoms with Crippen molar-refractivity contribution in [2.75, 3.05) is 19.8 Å². The first kappa shape index (κ1) is 80.8. The molecule has 11 N–H and O–H groups in total. The van der Waals surface area contributed by atoms with E-state index < -0.39 is 202 Å². The second kappa shape index (κ2) is 36.7. The number of rotatable bonds is 29. The summed E-state index contributed by atoms with van der Waals surface area (Å²) in [6.07, 6.45) is -29.2. The van der Waals surface area contributed by atoms with Crippen LogP contribution >= 0.6 is 0 Å². The molecule has 3 aliphatic carbocycles. The first-order valence-electron chi connectivity index (χ1n) is 37.7. The molecule has 32 heteroatoms. The average Bonchev–Trinajstić information content (AvgIpc) is 1.72. The summed E-state index contributed by atoms with van der Waals surface area (Å²) in [6.45, 7) is -1.25. The molecular formula is C79H94N4O28. The molecule has 0 radical (unpaired) electrons. The monoisotopic (exact) mass is 1550 g/mol. The highest BCUT2D eigenvalue weighted by Crippen LogP contribution is 2.43. The van der Waals surface area contributed by atoms with Crippen LogP contribution in [0.1, 0.15) is 112 Å². The minimum absolute atomic E-state index is 0.00523. The Balaban J connectivity index is 0.766. The summed E-state index contributed by atoms with van der Waals surface area (Å²) >= 11 is 0. The lowest BCUT2D eigenvalue weighted by Gasteiger charge is -2.48. The minimum Gasteiger partial charge on any atom is -0.479 e. The van der Waals surface area contributed by atoms with Crippen LogP contribution in [-0.4, -0.2) is 238 Å². The molecule has 3 aliphatic heterocycles. The van der Waals surface area contributed by atoms with Gasteiger partial charge < -0.3 is 113 Å². The molecule has 24 atom stereocenters. The van der Waals surface area contributed by atoms with E-state index in [-0.39, 0.29) is 79.9 Å². The number of nitrogens with zero attached hydrogens (tertiary/aromatic N) is 3. The zero-order valence-electron chi connectivity index (χ0n) is 60.7. The first-order valence-corrected chi connectivity index (χ1v) is 37.7. The van der Waals surface area contributed by atoms with Gasteiger partial charge in [0.05, 0.1) is 79.8 Å². The highest BCUT2D eigenvalue weighted by molar-refractivity contribution is 5.89. The number of carboxylic acid groups (broad SMARTS) is 1. The molecule has 0 bridgehead atoms. The molecule has 6 aliphatic rings. The number of para-hydroxylation sites is 2. The fraction of sp³-hybridized carbons (Fsp3) is 0.544. The van der Waals surface area contributed by atoms with E-state index in [1.807, 2.05) is 0 Å². The summed E-state index contributed by atoms with van der Waals surface area (Å²) in [6, 6.07) is 32.2. The SMILES string of the molecule is CC1O[C@@H](OC2[C@H](n3cc(-c4ccccc4)nn3)CC(C(=O)CCCNC(=O)[C@H]3CC(OCc4cc5ccccc5oc4=O)C(O)[C@H](O[C@@H]4OC(CO)[C@H](O)[C@@H](OCc5cc6ccccc6oc5=O)C4O)C3)C[C@H]2O[C@@H]2O[C@@H](CO)[C@H](O)C(O[C@@H](CC3CCCCC3)C(=O)O)C2OC(=O)c2ccccc2)C(O)[C@@H](O)[C@@H]1O. The molecule has 4 aromatic carbocycles. The van der Waals surface area contributed by atoms with Crippen molar-refractivity contribution in [2.45, 2.75) is 232 Å². The Kier molecular flexibility index (Phi) is 26.8. The summed E-state index contributed by atoms with van der Waals surface area (Å²) < 4.78 is 75.6. The van der Waals surface area contributed by atoms with Crippen molar-refractivity contribution in [3.63, 3.8) is 0 Å². The molecule has 0 spiro atoms. The number of fused-ring (bicyclic) bond motifs is 2. The van der Waals surface area contributed by atoms with Gasteiger partial charge in [-0.05, 0) is 87.8 Å². The van der Waals surface area contributed by atoms with Crippen LogP contribution in [0.3, 0.4) is 0 Å². The third-order valence-corrected chi connectivity index (χ3v) is 22.0. The zero-order chi connectivity index (χ0) is 78.1. The van der Waals surface area contributed by atoms with Gasteiger partial charge in [0.15, 0.2) is 31.1 Å². The molecule has 598 valence electrons. The van der Waals surface area contributed by atoms with Crippen LogP contribution in [-0.2, 0) is 75.0 Å². The van der Waals surface area contributed by atoms with Gasteiger partial charge in [-0.25, -0.2) is 23.9 Å². The minimum atomic E-state index is -1.90. The van der Waals surface area contributed by atoms with Crippen LogP contribution in [0.2, 0.25) is 0 Å². The summed E-state index contributed by atoms with van der Waals surface area (Å²) in [4.78, 5) is 83.8. The Hall–Kier alpha value is -8.20. The van der Waals surface area contributed by atoms with E-state index in [9.17, 15) is 75.0 Å². The molecule has 6 fully saturated rings. The number of ether oxygens (including phenoxy) is 10. The van der Waals surface area contributed by atoms with Crippen molar-refractivity contribution in [3.05, 3.63) is 165 Å². The van der Waals surface area contributed by atoms with Gasteiger partial charge in [0.25, 0.3) is 0 Å². The molecule has 32 nitrogen and oxygen atoms in total. The number of carbonyl (C=O) groups excluding carboxylic acids is 3. The number of hydrogen-bond acceptors (Lipinski definition) is 29. The molecule has 10 unspecified atom stereocenters. The topological polar surface area (TPSA) is 466 Å². The molecule has 13 rings (SSSR count). The molecule has 1 amide bonds. The standard InChI is InChI=1S/C79H94N4O28/c1-40-61(87)65(91)66(92)77(102-40)111-68-51(83-35-50(81-82-83)42-18-7-3-8-19-42)31-46(32-57(68)107-79-71(110-74(97)43-20-9-4-10-21-43)70(64(90)60(37-85)109-79)103-58(73(95)96)28-41-16-5-2-6-17-41)52(86)24-15-27-80-72(94)47-33-55(100-38-48-29-44-22-11-13-25-53(44)104-75(48)98)62(88)56(34-47)106-78-67(93)69(63(89)59(36-84)108-78)101-39-49-30-45-23-12-14-26-54(45)105-76(49)99/h3-4,7-14,18-23,25-26,29-30,35,40-41,46-47,51,55-71,77-79,84-85,87-93H,2,5-6,15-17,24,27-28,31-34,36-39H2,1H3,(H,80,94)(H,95,96)/t40?,46?,47-,51+,55?,56+,57+,58-,59?,60-,61+,62?,63-,64-,65-,66?,67?,68?,69+,70?,71?,77-,78+,79+/m0/s1. The Morgan fingerprint density at radius 2 is 1.17 bits per heavy atom. The van der Waals surface area contributed by atoms with Crippen LogP contribution in [0.25, 0.3) is 33.2 Å². The molecule has 3 saturated carbocycles. The lowest BCUT2D eigenvalue weighted by atomic mass is 9.78. The predicted octanol–water partition coefficient (Wildman–Crippen LogP) is 3.05. The van der Waals surface area contributed by atoms with Gasteiger partial charge in [0.1, 0.15) is 95.9 Å². The van der Waals surface area contributed by atoms with Gasteiger partial charge in [-0.1, -0.05) is 122 Å². The van der Waals surface area contributed by atoms with Crippen LogP contribution in [0.5, 0.6) is 0 Å². The fourth-order valence-corrected chi connectivity index (χ4v) is 15.8.